The van der Waals surface area contributed by atoms with Crippen LogP contribution >= 0.6 is 0 Å². The standard InChI is InChI=1S/C17H28BFO2/c1-16(2)17(3,4)21-18(20-16)15(19)14-9-7-13(8-10-14)11-12-5-6-12/h12-13H,5-11H2,1-4H3. The van der Waals surface area contributed by atoms with E-state index < -0.39 is 18.3 Å². The molecular formula is C17H28BFO2. The normalized spacial score (nSPS) is 31.6. The minimum Gasteiger partial charge on any atom is -0.398 e. The summed E-state index contributed by atoms with van der Waals surface area (Å²) in [7, 11) is -0.801. The van der Waals surface area contributed by atoms with Gasteiger partial charge in [0.05, 0.1) is 11.2 Å². The summed E-state index contributed by atoms with van der Waals surface area (Å²) in [6.07, 6.45) is 8.24. The summed E-state index contributed by atoms with van der Waals surface area (Å²) in [6, 6.07) is 0. The zero-order valence-corrected chi connectivity index (χ0v) is 13.9. The predicted octanol–water partition coefficient (Wildman–Crippen LogP) is 4.83. The maximum Gasteiger partial charge on any atom is 0.525 e. The van der Waals surface area contributed by atoms with Crippen molar-refractivity contribution in [2.45, 2.75) is 83.8 Å². The van der Waals surface area contributed by atoms with E-state index in [-0.39, 0.29) is 5.73 Å². The summed E-state index contributed by atoms with van der Waals surface area (Å²) in [5.41, 5.74) is -0.142. The van der Waals surface area contributed by atoms with Crippen molar-refractivity contribution >= 4 is 7.12 Å². The molecule has 0 amide bonds. The van der Waals surface area contributed by atoms with Crippen LogP contribution in [0.4, 0.5) is 4.39 Å². The molecule has 0 aromatic rings. The molecule has 0 radical (unpaired) electrons. The van der Waals surface area contributed by atoms with Gasteiger partial charge in [-0.05, 0) is 77.2 Å². The van der Waals surface area contributed by atoms with Crippen LogP contribution in [0.25, 0.3) is 0 Å². The molecule has 0 spiro atoms. The zero-order chi connectivity index (χ0) is 15.3. The average Bonchev–Trinajstić information content (AvgIpc) is 3.17. The van der Waals surface area contributed by atoms with Crippen LogP contribution in [0, 0.1) is 11.8 Å². The van der Waals surface area contributed by atoms with E-state index >= 15 is 0 Å². The van der Waals surface area contributed by atoms with Crippen molar-refractivity contribution in [3.63, 3.8) is 0 Å². The number of halogens is 1. The van der Waals surface area contributed by atoms with Gasteiger partial charge in [0.1, 0.15) is 5.73 Å². The maximum absolute atomic E-state index is 14.7. The second-order valence-corrected chi connectivity index (χ2v) is 8.16. The fraction of sp³-hybridized carbons (Fsp3) is 0.882. The van der Waals surface area contributed by atoms with E-state index in [2.05, 4.69) is 0 Å². The van der Waals surface area contributed by atoms with Crippen molar-refractivity contribution < 1.29 is 13.7 Å². The zero-order valence-electron chi connectivity index (χ0n) is 13.9. The van der Waals surface area contributed by atoms with Gasteiger partial charge >= 0.3 is 7.12 Å². The number of hydrogen-bond acceptors (Lipinski definition) is 2. The summed E-state index contributed by atoms with van der Waals surface area (Å²) in [5, 5.41) is 0. The van der Waals surface area contributed by atoms with Crippen LogP contribution in [0.1, 0.15) is 72.6 Å². The first kappa shape index (κ1) is 15.5. The highest BCUT2D eigenvalue weighted by atomic mass is 19.1. The lowest BCUT2D eigenvalue weighted by atomic mass is 9.76. The molecule has 0 N–H and O–H groups in total. The summed E-state index contributed by atoms with van der Waals surface area (Å²) in [6.45, 7) is 7.88. The molecule has 118 valence electrons. The lowest BCUT2D eigenvalue weighted by Gasteiger charge is -2.32. The van der Waals surface area contributed by atoms with Gasteiger partial charge < -0.3 is 9.31 Å². The molecule has 0 aromatic carbocycles. The van der Waals surface area contributed by atoms with Gasteiger partial charge in [0, 0.05) is 0 Å². The van der Waals surface area contributed by atoms with Gasteiger partial charge in [-0.2, -0.15) is 0 Å². The molecular weight excluding hydrogens is 266 g/mol. The molecule has 1 heterocycles. The molecule has 0 unspecified atom stereocenters. The Morgan fingerprint density at radius 1 is 1.00 bits per heavy atom. The molecule has 0 aromatic heterocycles. The minimum atomic E-state index is -0.801. The molecule has 0 atom stereocenters. The van der Waals surface area contributed by atoms with Gasteiger partial charge in [0.25, 0.3) is 0 Å². The molecule has 1 saturated heterocycles. The second kappa shape index (κ2) is 5.38. The van der Waals surface area contributed by atoms with Gasteiger partial charge in [-0.1, -0.05) is 12.8 Å². The Bertz CT molecular complexity index is 414. The van der Waals surface area contributed by atoms with Crippen molar-refractivity contribution in [1.29, 1.82) is 0 Å². The Hall–Kier alpha value is -0.345. The highest BCUT2D eigenvalue weighted by Crippen LogP contribution is 2.43. The Morgan fingerprint density at radius 3 is 1.95 bits per heavy atom. The highest BCUT2D eigenvalue weighted by molar-refractivity contribution is 6.53. The Kier molecular flexibility index (Phi) is 3.98. The highest BCUT2D eigenvalue weighted by Gasteiger charge is 2.53. The van der Waals surface area contributed by atoms with E-state index in [0.29, 0.717) is 0 Å². The van der Waals surface area contributed by atoms with Gasteiger partial charge in [-0.15, -0.1) is 0 Å². The quantitative estimate of drug-likeness (QED) is 0.694. The number of allylic oxidation sites excluding steroid dienone is 1. The third-order valence-electron chi connectivity index (χ3n) is 5.87. The predicted molar refractivity (Wildman–Crippen MR) is 83.5 cm³/mol. The monoisotopic (exact) mass is 294 g/mol. The maximum atomic E-state index is 14.7. The van der Waals surface area contributed by atoms with E-state index in [1.165, 1.54) is 19.3 Å². The first-order valence-corrected chi connectivity index (χ1v) is 8.51. The number of hydrogen-bond donors (Lipinski definition) is 0. The van der Waals surface area contributed by atoms with Crippen LogP contribution in [0.2, 0.25) is 0 Å². The molecule has 2 nitrogen and oxygen atoms in total. The third-order valence-corrected chi connectivity index (χ3v) is 5.87. The first-order valence-electron chi connectivity index (χ1n) is 8.51. The molecule has 2 saturated carbocycles. The molecule has 1 aliphatic heterocycles. The van der Waals surface area contributed by atoms with Crippen molar-refractivity contribution in [3.8, 4) is 0 Å². The SMILES string of the molecule is CC1(C)OB(C(F)=C2CCC(CC3CC3)CC2)OC1(C)C. The second-order valence-electron chi connectivity index (χ2n) is 8.16. The van der Waals surface area contributed by atoms with Crippen LogP contribution in [-0.4, -0.2) is 18.3 Å². The fourth-order valence-electron chi connectivity index (χ4n) is 3.44. The van der Waals surface area contributed by atoms with Gasteiger partial charge in [0.2, 0.25) is 0 Å². The lowest BCUT2D eigenvalue weighted by Crippen LogP contribution is -2.41. The van der Waals surface area contributed by atoms with Crippen LogP contribution in [0.3, 0.4) is 0 Å². The topological polar surface area (TPSA) is 18.5 Å². The van der Waals surface area contributed by atoms with Crippen molar-refractivity contribution in [2.75, 3.05) is 0 Å². The molecule has 3 fully saturated rings. The van der Waals surface area contributed by atoms with Crippen LogP contribution in [0.5, 0.6) is 0 Å². The summed E-state index contributed by atoms with van der Waals surface area (Å²) >= 11 is 0. The Morgan fingerprint density at radius 2 is 1.48 bits per heavy atom. The third kappa shape index (κ3) is 3.21. The first-order chi connectivity index (χ1) is 9.78. The minimum absolute atomic E-state index is 0.154. The summed E-state index contributed by atoms with van der Waals surface area (Å²) in [4.78, 5) is 0. The summed E-state index contributed by atoms with van der Waals surface area (Å²) < 4.78 is 26.4. The van der Waals surface area contributed by atoms with Gasteiger partial charge in [-0.25, -0.2) is 4.39 Å². The largest absolute Gasteiger partial charge is 0.525 e. The smallest absolute Gasteiger partial charge is 0.398 e. The van der Waals surface area contributed by atoms with Crippen molar-refractivity contribution in [1.82, 2.24) is 0 Å². The summed E-state index contributed by atoms with van der Waals surface area (Å²) in [5.74, 6) is 1.79. The van der Waals surface area contributed by atoms with Gasteiger partial charge in [0.15, 0.2) is 0 Å². The van der Waals surface area contributed by atoms with E-state index in [0.717, 1.165) is 43.1 Å². The van der Waals surface area contributed by atoms with Crippen molar-refractivity contribution in [3.05, 3.63) is 11.3 Å². The van der Waals surface area contributed by atoms with Crippen molar-refractivity contribution in [2.24, 2.45) is 11.8 Å². The lowest BCUT2D eigenvalue weighted by molar-refractivity contribution is 0.00578. The number of rotatable bonds is 3. The fourth-order valence-corrected chi connectivity index (χ4v) is 3.44. The van der Waals surface area contributed by atoms with E-state index in [1.807, 2.05) is 27.7 Å². The molecule has 0 bridgehead atoms. The van der Waals surface area contributed by atoms with E-state index in [1.54, 1.807) is 0 Å². The molecule has 21 heavy (non-hydrogen) atoms. The molecule has 4 heteroatoms. The van der Waals surface area contributed by atoms with Crippen LogP contribution in [-0.2, 0) is 9.31 Å². The van der Waals surface area contributed by atoms with E-state index in [9.17, 15) is 4.39 Å². The molecule has 3 rings (SSSR count). The molecule has 3 aliphatic rings. The average molecular weight is 294 g/mol. The van der Waals surface area contributed by atoms with Crippen LogP contribution < -0.4 is 0 Å². The van der Waals surface area contributed by atoms with E-state index in [4.69, 9.17) is 9.31 Å². The molecule has 2 aliphatic carbocycles. The van der Waals surface area contributed by atoms with Crippen LogP contribution in [0.15, 0.2) is 11.3 Å². The van der Waals surface area contributed by atoms with Gasteiger partial charge in [-0.3, -0.25) is 0 Å². The Labute approximate surface area is 128 Å². The Balaban J connectivity index is 1.61.